The monoisotopic (exact) mass is 316 g/mol. The first kappa shape index (κ1) is 16.9. The fourth-order valence-electron chi connectivity index (χ4n) is 2.08. The summed E-state index contributed by atoms with van der Waals surface area (Å²) in [5.74, 6) is -1.24. The van der Waals surface area contributed by atoms with Crippen LogP contribution in [0.5, 0.6) is 5.75 Å². The average Bonchev–Trinajstić information content (AvgIpc) is 2.59. The van der Waals surface area contributed by atoms with Crippen LogP contribution in [0, 0.1) is 5.92 Å². The van der Waals surface area contributed by atoms with Crippen molar-refractivity contribution in [3.63, 3.8) is 0 Å². The third-order valence-electron chi connectivity index (χ3n) is 3.66. The number of rotatable bonds is 7. The number of hydrogen-bond acceptors (Lipinski definition) is 5. The van der Waals surface area contributed by atoms with E-state index >= 15 is 0 Å². The van der Waals surface area contributed by atoms with E-state index in [2.05, 4.69) is 4.98 Å². The maximum Gasteiger partial charge on any atom is 0.320 e. The molecule has 0 saturated heterocycles. The molecule has 0 radical (unpaired) electrons. The Balaban J connectivity index is 1.97. The van der Waals surface area contributed by atoms with E-state index in [1.807, 2.05) is 30.3 Å². The van der Waals surface area contributed by atoms with Crippen LogP contribution < -0.4 is 10.5 Å². The lowest BCUT2D eigenvalue weighted by Crippen LogP contribution is -2.39. The molecule has 122 valence electrons. The summed E-state index contributed by atoms with van der Waals surface area (Å²) in [4.78, 5) is 15.0. The zero-order valence-corrected chi connectivity index (χ0v) is 12.8. The highest BCUT2D eigenvalue weighted by Crippen LogP contribution is 2.24. The largest absolute Gasteiger partial charge is 0.487 e. The Bertz CT molecular complexity index is 631. The smallest absolute Gasteiger partial charge is 0.320 e. The molecular weight excluding hydrogens is 296 g/mol. The number of aliphatic carboxylic acids is 1. The molecule has 0 unspecified atom stereocenters. The van der Waals surface area contributed by atoms with Gasteiger partial charge in [0, 0.05) is 5.92 Å². The summed E-state index contributed by atoms with van der Waals surface area (Å²) >= 11 is 0. The normalized spacial score (nSPS) is 14.7. The first-order valence-corrected chi connectivity index (χ1v) is 7.28. The Morgan fingerprint density at radius 3 is 2.52 bits per heavy atom. The molecular formula is C17H20N2O4. The lowest BCUT2D eigenvalue weighted by atomic mass is 9.94. The Morgan fingerprint density at radius 2 is 1.96 bits per heavy atom. The highest BCUT2D eigenvalue weighted by Gasteiger charge is 2.28. The molecule has 1 aromatic heterocycles. The van der Waals surface area contributed by atoms with E-state index in [1.54, 1.807) is 19.1 Å². The number of pyridine rings is 1. The van der Waals surface area contributed by atoms with E-state index in [1.165, 1.54) is 6.20 Å². The molecule has 0 saturated carbocycles. The Labute approximate surface area is 134 Å². The van der Waals surface area contributed by atoms with Crippen LogP contribution >= 0.6 is 0 Å². The number of ether oxygens (including phenoxy) is 1. The van der Waals surface area contributed by atoms with Crippen molar-refractivity contribution in [3.05, 3.63) is 59.9 Å². The van der Waals surface area contributed by atoms with E-state index in [9.17, 15) is 9.90 Å². The van der Waals surface area contributed by atoms with E-state index in [0.29, 0.717) is 18.1 Å². The molecule has 6 nitrogen and oxygen atoms in total. The van der Waals surface area contributed by atoms with Gasteiger partial charge < -0.3 is 20.7 Å². The second kappa shape index (κ2) is 7.71. The molecule has 2 aromatic rings. The molecule has 0 aliphatic heterocycles. The number of carbonyl (C=O) groups is 1. The zero-order chi connectivity index (χ0) is 16.8. The molecule has 1 heterocycles. The second-order valence-corrected chi connectivity index (χ2v) is 5.36. The van der Waals surface area contributed by atoms with Gasteiger partial charge in [0.2, 0.25) is 0 Å². The van der Waals surface area contributed by atoms with Gasteiger partial charge in [-0.05, 0) is 17.7 Å². The number of nitrogens with two attached hydrogens (primary N) is 1. The van der Waals surface area contributed by atoms with Gasteiger partial charge in [0.15, 0.2) is 0 Å². The van der Waals surface area contributed by atoms with Gasteiger partial charge in [-0.2, -0.15) is 0 Å². The molecule has 0 aliphatic rings. The number of aliphatic hydroxyl groups is 1. The van der Waals surface area contributed by atoms with Crippen LogP contribution in [0.15, 0.2) is 48.7 Å². The lowest BCUT2D eigenvalue weighted by molar-refractivity contribution is -0.141. The summed E-state index contributed by atoms with van der Waals surface area (Å²) in [6.07, 6.45) is 0.449. The number of benzene rings is 1. The van der Waals surface area contributed by atoms with E-state index in [4.69, 9.17) is 15.6 Å². The minimum Gasteiger partial charge on any atom is -0.487 e. The Kier molecular flexibility index (Phi) is 5.67. The van der Waals surface area contributed by atoms with Gasteiger partial charge in [-0.25, -0.2) is 0 Å². The number of carboxylic acids is 1. The van der Waals surface area contributed by atoms with E-state index in [0.717, 1.165) is 5.56 Å². The van der Waals surface area contributed by atoms with E-state index < -0.39 is 24.0 Å². The van der Waals surface area contributed by atoms with Crippen molar-refractivity contribution in [3.8, 4) is 5.75 Å². The average molecular weight is 316 g/mol. The van der Waals surface area contributed by atoms with Gasteiger partial charge >= 0.3 is 5.97 Å². The van der Waals surface area contributed by atoms with Gasteiger partial charge in [-0.1, -0.05) is 37.3 Å². The standard InChI is InChI=1S/C17H20N2O4/c1-11(15(18)17(21)22)16(20)14-8-7-13(9-19-14)23-10-12-5-3-2-4-6-12/h2-9,11,15-16,20H,10,18H2,1H3,(H,21,22)/t11-,15-,16-/m0/s1. The molecule has 6 heteroatoms. The molecule has 0 fully saturated rings. The molecule has 3 atom stereocenters. The highest BCUT2D eigenvalue weighted by molar-refractivity contribution is 5.73. The first-order chi connectivity index (χ1) is 11.0. The van der Waals surface area contributed by atoms with Gasteiger partial charge in [0.25, 0.3) is 0 Å². The molecule has 1 aromatic carbocycles. The number of hydrogen-bond donors (Lipinski definition) is 3. The Morgan fingerprint density at radius 1 is 1.26 bits per heavy atom. The van der Waals surface area contributed by atoms with Crippen molar-refractivity contribution in [1.82, 2.24) is 4.98 Å². The van der Waals surface area contributed by atoms with Crippen LogP contribution in [0.2, 0.25) is 0 Å². The van der Waals surface area contributed by atoms with Crippen molar-refractivity contribution in [2.24, 2.45) is 11.7 Å². The first-order valence-electron chi connectivity index (χ1n) is 7.28. The summed E-state index contributed by atoms with van der Waals surface area (Å²) < 4.78 is 5.61. The lowest BCUT2D eigenvalue weighted by Gasteiger charge is -2.21. The summed E-state index contributed by atoms with van der Waals surface area (Å²) in [5, 5.41) is 19.1. The molecule has 0 spiro atoms. The van der Waals surface area contributed by atoms with Crippen molar-refractivity contribution < 1.29 is 19.7 Å². The zero-order valence-electron chi connectivity index (χ0n) is 12.8. The van der Waals surface area contributed by atoms with Crippen molar-refractivity contribution in [2.45, 2.75) is 25.7 Å². The number of nitrogens with zero attached hydrogens (tertiary/aromatic N) is 1. The number of aliphatic hydroxyl groups excluding tert-OH is 1. The van der Waals surface area contributed by atoms with Gasteiger partial charge in [-0.15, -0.1) is 0 Å². The molecule has 0 aliphatic carbocycles. The van der Waals surface area contributed by atoms with Crippen LogP contribution in [-0.4, -0.2) is 27.2 Å². The molecule has 2 rings (SSSR count). The Hall–Kier alpha value is -2.44. The number of aromatic nitrogens is 1. The third kappa shape index (κ3) is 4.51. The van der Waals surface area contributed by atoms with Crippen molar-refractivity contribution in [1.29, 1.82) is 0 Å². The second-order valence-electron chi connectivity index (χ2n) is 5.36. The van der Waals surface area contributed by atoms with Crippen molar-refractivity contribution >= 4 is 5.97 Å². The maximum atomic E-state index is 10.9. The van der Waals surface area contributed by atoms with Gasteiger partial charge in [0.05, 0.1) is 11.9 Å². The fourth-order valence-corrected chi connectivity index (χ4v) is 2.08. The highest BCUT2D eigenvalue weighted by atomic mass is 16.5. The molecule has 0 amide bonds. The van der Waals surface area contributed by atoms with Gasteiger partial charge in [-0.3, -0.25) is 9.78 Å². The summed E-state index contributed by atoms with van der Waals surface area (Å²) in [6.45, 7) is 2.00. The molecule has 4 N–H and O–H groups in total. The van der Waals surface area contributed by atoms with Crippen LogP contribution in [0.1, 0.15) is 24.3 Å². The summed E-state index contributed by atoms with van der Waals surface area (Å²) in [7, 11) is 0. The van der Waals surface area contributed by atoms with Crippen molar-refractivity contribution in [2.75, 3.05) is 0 Å². The van der Waals surface area contributed by atoms with Crippen LogP contribution in [0.3, 0.4) is 0 Å². The fraction of sp³-hybridized carbons (Fsp3) is 0.294. The SMILES string of the molecule is C[C@@H]([C@H](N)C(=O)O)[C@H](O)c1ccc(OCc2ccccc2)cn1. The summed E-state index contributed by atoms with van der Waals surface area (Å²) in [5.41, 5.74) is 6.93. The quantitative estimate of drug-likeness (QED) is 0.718. The molecule has 0 bridgehead atoms. The minimum absolute atomic E-state index is 0.362. The molecule has 23 heavy (non-hydrogen) atoms. The topological polar surface area (TPSA) is 106 Å². The van der Waals surface area contributed by atoms with Crippen LogP contribution in [0.25, 0.3) is 0 Å². The number of carboxylic acid groups (broad SMARTS) is 1. The van der Waals surface area contributed by atoms with Gasteiger partial charge in [0.1, 0.15) is 24.5 Å². The summed E-state index contributed by atoms with van der Waals surface area (Å²) in [6, 6.07) is 11.9. The van der Waals surface area contributed by atoms with Crippen LogP contribution in [0.4, 0.5) is 0 Å². The minimum atomic E-state index is -1.15. The maximum absolute atomic E-state index is 10.9. The predicted molar refractivity (Wildman–Crippen MR) is 84.7 cm³/mol. The predicted octanol–water partition coefficient (Wildman–Crippen LogP) is 1.74. The third-order valence-corrected chi connectivity index (χ3v) is 3.66. The van der Waals surface area contributed by atoms with Crippen LogP contribution in [-0.2, 0) is 11.4 Å². The van der Waals surface area contributed by atoms with E-state index in [-0.39, 0.29) is 0 Å².